The van der Waals surface area contributed by atoms with Crippen LogP contribution in [0, 0.1) is 0 Å². The molecule has 0 amide bonds. The molecule has 1 rings (SSSR count). The first-order chi connectivity index (χ1) is 13.3. The van der Waals surface area contributed by atoms with Crippen molar-refractivity contribution < 1.29 is 14.4 Å². The van der Waals surface area contributed by atoms with Crippen molar-refractivity contribution in [1.29, 1.82) is 0 Å². The molecule has 1 N–H and O–H groups in total. The quantitative estimate of drug-likeness (QED) is 0.278. The molecule has 0 aliphatic rings. The Morgan fingerprint density at radius 2 is 1.32 bits per heavy atom. The van der Waals surface area contributed by atoms with Gasteiger partial charge in [0.05, 0.1) is 0 Å². The summed E-state index contributed by atoms with van der Waals surface area (Å²) in [6.07, 6.45) is 13.0. The number of carbonyl (C=O) groups excluding carboxylic acids is 1. The standard InChI is InChI=1S/C23H40BrO3P/c1-5-9-15-28(16-10-6-2,17-11-7-3,18-12-8-4)27-23(26)21-19-20(24)13-14-22(21)25/h13-14,19,25H,5-12,15-18H2,1-4H3. The van der Waals surface area contributed by atoms with Gasteiger partial charge in [0.2, 0.25) is 0 Å². The average molecular weight is 475 g/mol. The Bertz CT molecular complexity index is 574. The van der Waals surface area contributed by atoms with E-state index in [-0.39, 0.29) is 17.3 Å². The second-order valence-corrected chi connectivity index (χ2v) is 14.8. The summed E-state index contributed by atoms with van der Waals surface area (Å²) in [7, 11) is 0. The number of phenols is 1. The minimum absolute atomic E-state index is 0.00164. The van der Waals surface area contributed by atoms with Crippen LogP contribution in [0.2, 0.25) is 0 Å². The van der Waals surface area contributed by atoms with Gasteiger partial charge in [0.25, 0.3) is 0 Å². The molecule has 5 heteroatoms. The van der Waals surface area contributed by atoms with Gasteiger partial charge < -0.3 is 0 Å². The Morgan fingerprint density at radius 3 is 1.71 bits per heavy atom. The fraction of sp³-hybridized carbons (Fsp3) is 0.696. The van der Waals surface area contributed by atoms with E-state index >= 15 is 0 Å². The van der Waals surface area contributed by atoms with Gasteiger partial charge in [0, 0.05) is 0 Å². The van der Waals surface area contributed by atoms with Crippen molar-refractivity contribution in [3.05, 3.63) is 28.2 Å². The second kappa shape index (κ2) is 12.2. The number of aromatic hydroxyl groups is 1. The van der Waals surface area contributed by atoms with Crippen molar-refractivity contribution in [3.63, 3.8) is 0 Å². The SMILES string of the molecule is CCCCP(CCCC)(CCCC)(CCCC)OC(=O)c1cc(Br)ccc1O. The van der Waals surface area contributed by atoms with Crippen LogP contribution in [0.4, 0.5) is 0 Å². The van der Waals surface area contributed by atoms with Gasteiger partial charge in [0.1, 0.15) is 0 Å². The Labute approximate surface area is 180 Å². The number of carbonyl (C=O) groups is 1. The third-order valence-electron chi connectivity index (χ3n) is 5.83. The van der Waals surface area contributed by atoms with Crippen LogP contribution in [0.1, 0.15) is 89.4 Å². The van der Waals surface area contributed by atoms with Gasteiger partial charge in [-0.1, -0.05) is 0 Å². The Hall–Kier alpha value is -0.600. The predicted molar refractivity (Wildman–Crippen MR) is 127 cm³/mol. The first-order valence-corrected chi connectivity index (χ1v) is 14.8. The summed E-state index contributed by atoms with van der Waals surface area (Å²) in [5.74, 6) is -0.336. The summed E-state index contributed by atoms with van der Waals surface area (Å²) in [5, 5.41) is 10.3. The van der Waals surface area contributed by atoms with Crippen LogP contribution < -0.4 is 0 Å². The molecule has 0 unspecified atom stereocenters. The van der Waals surface area contributed by atoms with Crippen molar-refractivity contribution in [2.24, 2.45) is 0 Å². The molecular weight excluding hydrogens is 435 g/mol. The monoisotopic (exact) mass is 474 g/mol. The molecule has 0 saturated carbocycles. The molecule has 162 valence electrons. The van der Waals surface area contributed by atoms with E-state index in [2.05, 4.69) is 43.6 Å². The van der Waals surface area contributed by atoms with E-state index < -0.39 is 6.83 Å². The van der Waals surface area contributed by atoms with Crippen molar-refractivity contribution >= 4 is 28.7 Å². The van der Waals surface area contributed by atoms with E-state index in [1.54, 1.807) is 18.2 Å². The van der Waals surface area contributed by atoms with E-state index in [0.29, 0.717) is 0 Å². The molecule has 0 saturated heterocycles. The van der Waals surface area contributed by atoms with E-state index in [1.165, 1.54) is 0 Å². The Balaban J connectivity index is 3.40. The van der Waals surface area contributed by atoms with Crippen molar-refractivity contribution in [2.75, 3.05) is 24.6 Å². The summed E-state index contributed by atoms with van der Waals surface area (Å²) in [6.45, 7) is 6.17. The third kappa shape index (κ3) is 7.02. The fourth-order valence-corrected chi connectivity index (χ4v) is 11.1. The van der Waals surface area contributed by atoms with Crippen LogP contribution >= 0.6 is 22.8 Å². The molecule has 0 aromatic heterocycles. The van der Waals surface area contributed by atoms with Gasteiger partial charge in [0.15, 0.2) is 0 Å². The van der Waals surface area contributed by atoms with Gasteiger partial charge >= 0.3 is 181 Å². The average Bonchev–Trinajstić information content (AvgIpc) is 2.70. The molecule has 28 heavy (non-hydrogen) atoms. The summed E-state index contributed by atoms with van der Waals surface area (Å²) in [6, 6.07) is 4.99. The zero-order valence-corrected chi connectivity index (χ0v) is 20.8. The van der Waals surface area contributed by atoms with Crippen LogP contribution in [0.3, 0.4) is 0 Å². The number of hydrogen-bond acceptors (Lipinski definition) is 3. The molecule has 0 bridgehead atoms. The molecule has 0 fully saturated rings. The van der Waals surface area contributed by atoms with E-state index in [0.717, 1.165) is 80.5 Å². The summed E-state index contributed by atoms with van der Waals surface area (Å²) >= 11 is 3.42. The second-order valence-electron chi connectivity index (χ2n) is 8.21. The van der Waals surface area contributed by atoms with Crippen LogP contribution in [0.15, 0.2) is 22.7 Å². The molecule has 3 nitrogen and oxygen atoms in total. The Morgan fingerprint density at radius 1 is 0.893 bits per heavy atom. The van der Waals surface area contributed by atoms with Gasteiger partial charge in [-0.3, -0.25) is 0 Å². The molecule has 1 aromatic carbocycles. The number of hydrogen-bond donors (Lipinski definition) is 1. The summed E-state index contributed by atoms with van der Waals surface area (Å²) in [4.78, 5) is 13.3. The topological polar surface area (TPSA) is 46.5 Å². The molecule has 0 heterocycles. The summed E-state index contributed by atoms with van der Waals surface area (Å²) in [5.41, 5.74) is 0.282. The maximum absolute atomic E-state index is 13.3. The minimum atomic E-state index is -2.69. The number of rotatable bonds is 14. The van der Waals surface area contributed by atoms with E-state index in [9.17, 15) is 9.90 Å². The van der Waals surface area contributed by atoms with Gasteiger partial charge in [-0.25, -0.2) is 0 Å². The molecule has 0 aliphatic carbocycles. The first kappa shape index (κ1) is 25.4. The number of benzene rings is 1. The van der Waals surface area contributed by atoms with Crippen molar-refractivity contribution in [2.45, 2.75) is 79.1 Å². The van der Waals surface area contributed by atoms with Crippen molar-refractivity contribution in [1.82, 2.24) is 0 Å². The van der Waals surface area contributed by atoms with E-state index in [1.807, 2.05) is 0 Å². The molecule has 0 radical (unpaired) electrons. The maximum atomic E-state index is 13.3. The summed E-state index contributed by atoms with van der Waals surface area (Å²) < 4.78 is 7.45. The van der Waals surface area contributed by atoms with Crippen molar-refractivity contribution in [3.8, 4) is 5.75 Å². The number of phenolic OH excluding ortho intramolecular Hbond substituents is 1. The molecule has 0 spiro atoms. The number of halogens is 1. The molecular formula is C23H40BrO3P. The molecule has 1 aromatic rings. The Kier molecular flexibility index (Phi) is 11.1. The zero-order chi connectivity index (χ0) is 21.1. The van der Waals surface area contributed by atoms with Gasteiger partial charge in [-0.2, -0.15) is 0 Å². The van der Waals surface area contributed by atoms with Crippen LogP contribution in [0.5, 0.6) is 5.75 Å². The van der Waals surface area contributed by atoms with Gasteiger partial charge in [-0.15, -0.1) is 0 Å². The fourth-order valence-electron chi connectivity index (χ4n) is 4.04. The molecule has 0 atom stereocenters. The zero-order valence-electron chi connectivity index (χ0n) is 18.3. The normalized spacial score (nSPS) is 13.1. The first-order valence-electron chi connectivity index (χ1n) is 11.1. The van der Waals surface area contributed by atoms with Gasteiger partial charge in [-0.05, 0) is 0 Å². The van der Waals surface area contributed by atoms with Crippen LogP contribution in [0.25, 0.3) is 0 Å². The predicted octanol–water partition coefficient (Wildman–Crippen LogP) is 7.98. The van der Waals surface area contributed by atoms with E-state index in [4.69, 9.17) is 4.52 Å². The van der Waals surface area contributed by atoms with Crippen LogP contribution in [-0.4, -0.2) is 35.7 Å². The number of unbranched alkanes of at least 4 members (excludes halogenated alkanes) is 4. The third-order valence-corrected chi connectivity index (χ3v) is 12.8. The molecule has 0 aliphatic heterocycles. The van der Waals surface area contributed by atoms with Crippen LogP contribution in [-0.2, 0) is 4.52 Å².